The van der Waals surface area contributed by atoms with Crippen LogP contribution in [0.5, 0.6) is 0 Å². The third-order valence-electron chi connectivity index (χ3n) is 4.02. The van der Waals surface area contributed by atoms with Crippen molar-refractivity contribution in [1.82, 2.24) is 19.9 Å². The summed E-state index contributed by atoms with van der Waals surface area (Å²) in [5.41, 5.74) is 0. The molecule has 0 bridgehead atoms. The molecule has 18 heavy (non-hydrogen) atoms. The molecule has 1 aromatic heterocycles. The summed E-state index contributed by atoms with van der Waals surface area (Å²) in [6.45, 7) is 12.1. The Labute approximate surface area is 108 Å². The predicted octanol–water partition coefficient (Wildman–Crippen LogP) is 0.204. The zero-order valence-corrected chi connectivity index (χ0v) is 11.2. The van der Waals surface area contributed by atoms with Crippen molar-refractivity contribution in [2.24, 2.45) is 0 Å². The molecule has 0 amide bonds. The van der Waals surface area contributed by atoms with Gasteiger partial charge in [-0.3, -0.25) is 4.90 Å². The van der Waals surface area contributed by atoms with E-state index >= 15 is 0 Å². The van der Waals surface area contributed by atoms with Gasteiger partial charge >= 0.3 is 6.01 Å². The van der Waals surface area contributed by atoms with Crippen LogP contribution in [0.15, 0.2) is 4.52 Å². The average Bonchev–Trinajstić information content (AvgIpc) is 2.75. The minimum atomic E-state index is 0.663. The van der Waals surface area contributed by atoms with Crippen LogP contribution in [-0.4, -0.2) is 71.8 Å². The van der Waals surface area contributed by atoms with Gasteiger partial charge in [-0.1, -0.05) is 12.1 Å². The summed E-state index contributed by atoms with van der Waals surface area (Å²) >= 11 is 0. The predicted molar refractivity (Wildman–Crippen MR) is 68.7 cm³/mol. The number of aromatic nitrogens is 2. The smallest absolute Gasteiger partial charge is 0.321 e. The van der Waals surface area contributed by atoms with Crippen molar-refractivity contribution in [1.29, 1.82) is 0 Å². The van der Waals surface area contributed by atoms with Crippen LogP contribution in [0.4, 0.5) is 6.01 Å². The molecule has 0 radical (unpaired) electrons. The van der Waals surface area contributed by atoms with E-state index < -0.39 is 0 Å². The van der Waals surface area contributed by atoms with Crippen LogP contribution in [0.25, 0.3) is 0 Å². The summed E-state index contributed by atoms with van der Waals surface area (Å²) < 4.78 is 5.18. The molecule has 0 aliphatic carbocycles. The minimum absolute atomic E-state index is 0.663. The first-order valence-corrected chi connectivity index (χ1v) is 6.78. The molecule has 2 fully saturated rings. The average molecular weight is 251 g/mol. The first-order chi connectivity index (χ1) is 8.76. The molecule has 6 nitrogen and oxygen atoms in total. The van der Waals surface area contributed by atoms with Gasteiger partial charge in [0.05, 0.1) is 0 Å². The van der Waals surface area contributed by atoms with Crippen molar-refractivity contribution in [3.8, 4) is 0 Å². The second-order valence-corrected chi connectivity index (χ2v) is 5.15. The van der Waals surface area contributed by atoms with Crippen molar-refractivity contribution >= 4 is 6.01 Å². The minimum Gasteiger partial charge on any atom is -0.321 e. The van der Waals surface area contributed by atoms with Gasteiger partial charge in [0, 0.05) is 45.3 Å². The van der Waals surface area contributed by atoms with Crippen molar-refractivity contribution < 1.29 is 4.52 Å². The second kappa shape index (κ2) is 4.85. The van der Waals surface area contributed by atoms with Gasteiger partial charge in [0.15, 0.2) is 5.82 Å². The number of hydrogen-bond acceptors (Lipinski definition) is 6. The van der Waals surface area contributed by atoms with Gasteiger partial charge in [-0.2, -0.15) is 4.98 Å². The molecule has 6 heteroatoms. The molecule has 2 aliphatic rings. The summed E-state index contributed by atoms with van der Waals surface area (Å²) in [6.07, 6.45) is 0. The fraction of sp³-hybridized carbons (Fsp3) is 0.833. The highest BCUT2D eigenvalue weighted by molar-refractivity contribution is 5.31. The van der Waals surface area contributed by atoms with Crippen molar-refractivity contribution in [3.63, 3.8) is 0 Å². The lowest BCUT2D eigenvalue weighted by atomic mass is 10.1. The van der Waals surface area contributed by atoms with Crippen LogP contribution in [0.3, 0.4) is 0 Å². The lowest BCUT2D eigenvalue weighted by molar-refractivity contribution is 0.0840. The number of hydrogen-bond donors (Lipinski definition) is 0. The summed E-state index contributed by atoms with van der Waals surface area (Å²) in [7, 11) is 0. The number of likely N-dealkylation sites (N-methyl/N-ethyl adjacent to an activating group) is 1. The van der Waals surface area contributed by atoms with Crippen LogP contribution >= 0.6 is 0 Å². The van der Waals surface area contributed by atoms with Gasteiger partial charge in [0.25, 0.3) is 0 Å². The topological polar surface area (TPSA) is 48.6 Å². The number of nitrogens with zero attached hydrogens (tertiary/aromatic N) is 5. The summed E-state index contributed by atoms with van der Waals surface area (Å²) in [6, 6.07) is 1.34. The molecule has 0 aromatic carbocycles. The van der Waals surface area contributed by atoms with Crippen LogP contribution in [0.2, 0.25) is 0 Å². The third-order valence-corrected chi connectivity index (χ3v) is 4.02. The van der Waals surface area contributed by atoms with Crippen LogP contribution in [0, 0.1) is 6.92 Å². The maximum Gasteiger partial charge on any atom is 0.324 e. The number of piperazine rings is 1. The van der Waals surface area contributed by atoms with Gasteiger partial charge in [0.1, 0.15) is 0 Å². The maximum atomic E-state index is 5.18. The Kier molecular flexibility index (Phi) is 3.22. The lowest BCUT2D eigenvalue weighted by Gasteiger charge is -2.47. The molecule has 0 spiro atoms. The van der Waals surface area contributed by atoms with Crippen LogP contribution in [0.1, 0.15) is 12.7 Å². The normalized spacial score (nSPS) is 23.3. The van der Waals surface area contributed by atoms with Crippen molar-refractivity contribution in [2.75, 3.05) is 50.7 Å². The number of rotatable bonds is 3. The first kappa shape index (κ1) is 11.9. The van der Waals surface area contributed by atoms with E-state index in [4.69, 9.17) is 4.52 Å². The number of anilines is 1. The van der Waals surface area contributed by atoms with Crippen molar-refractivity contribution in [2.45, 2.75) is 19.9 Å². The van der Waals surface area contributed by atoms with E-state index in [1.54, 1.807) is 0 Å². The molecule has 100 valence electrons. The fourth-order valence-electron chi connectivity index (χ4n) is 2.70. The Morgan fingerprint density at radius 1 is 1.22 bits per heavy atom. The molecule has 2 saturated heterocycles. The first-order valence-electron chi connectivity index (χ1n) is 6.78. The monoisotopic (exact) mass is 251 g/mol. The van der Waals surface area contributed by atoms with Gasteiger partial charge in [0.2, 0.25) is 0 Å². The van der Waals surface area contributed by atoms with Crippen LogP contribution in [-0.2, 0) is 0 Å². The molecule has 3 rings (SSSR count). The van der Waals surface area contributed by atoms with E-state index in [1.807, 2.05) is 6.92 Å². The van der Waals surface area contributed by atoms with Gasteiger partial charge in [-0.15, -0.1) is 0 Å². The quantitative estimate of drug-likeness (QED) is 0.765. The third kappa shape index (κ3) is 2.22. The van der Waals surface area contributed by atoms with E-state index in [1.165, 1.54) is 32.7 Å². The fourth-order valence-corrected chi connectivity index (χ4v) is 2.70. The van der Waals surface area contributed by atoms with E-state index in [0.29, 0.717) is 17.9 Å². The Balaban J connectivity index is 1.48. The van der Waals surface area contributed by atoms with Gasteiger partial charge in [-0.05, 0) is 13.5 Å². The molecule has 3 heterocycles. The maximum absolute atomic E-state index is 5.18. The van der Waals surface area contributed by atoms with E-state index in [9.17, 15) is 0 Å². The Hall–Kier alpha value is -1.14. The van der Waals surface area contributed by atoms with Gasteiger partial charge in [-0.25, -0.2) is 0 Å². The largest absolute Gasteiger partial charge is 0.324 e. The Morgan fingerprint density at radius 3 is 2.50 bits per heavy atom. The molecule has 0 unspecified atom stereocenters. The zero-order valence-electron chi connectivity index (χ0n) is 11.2. The summed E-state index contributed by atoms with van der Waals surface area (Å²) in [5, 5.41) is 3.83. The second-order valence-electron chi connectivity index (χ2n) is 5.15. The summed E-state index contributed by atoms with van der Waals surface area (Å²) in [4.78, 5) is 11.5. The Bertz CT molecular complexity index is 393. The lowest BCUT2D eigenvalue weighted by Crippen LogP contribution is -2.63. The highest BCUT2D eigenvalue weighted by Crippen LogP contribution is 2.22. The highest BCUT2D eigenvalue weighted by Gasteiger charge is 2.35. The van der Waals surface area contributed by atoms with Crippen LogP contribution < -0.4 is 4.90 Å². The van der Waals surface area contributed by atoms with Crippen molar-refractivity contribution in [3.05, 3.63) is 5.82 Å². The SMILES string of the molecule is CCN1CCN(C2CN(c3nc(C)no3)C2)CC1. The molecular formula is C12H21N5O. The highest BCUT2D eigenvalue weighted by atomic mass is 16.5. The molecule has 0 saturated carbocycles. The van der Waals surface area contributed by atoms with Gasteiger partial charge < -0.3 is 14.3 Å². The van der Waals surface area contributed by atoms with E-state index in [2.05, 4.69) is 31.8 Å². The summed E-state index contributed by atoms with van der Waals surface area (Å²) in [5.74, 6) is 0.713. The molecule has 0 atom stereocenters. The zero-order chi connectivity index (χ0) is 12.5. The van der Waals surface area contributed by atoms with E-state index in [0.717, 1.165) is 13.1 Å². The molecular weight excluding hydrogens is 230 g/mol. The van der Waals surface area contributed by atoms with E-state index in [-0.39, 0.29) is 0 Å². The molecule has 1 aromatic rings. The number of aryl methyl sites for hydroxylation is 1. The molecule has 2 aliphatic heterocycles. The molecule has 0 N–H and O–H groups in total. The standard InChI is InChI=1S/C12H21N5O/c1-3-15-4-6-16(7-5-15)11-8-17(9-11)12-13-10(2)14-18-12/h11H,3-9H2,1-2H3. The Morgan fingerprint density at radius 2 is 1.94 bits per heavy atom.